The Morgan fingerprint density at radius 2 is 1.94 bits per heavy atom. The first-order chi connectivity index (χ1) is 15.9. The molecule has 2 N–H and O–H groups in total. The van der Waals surface area contributed by atoms with Crippen LogP contribution in [0.1, 0.15) is 46.1 Å². The van der Waals surface area contributed by atoms with Gasteiger partial charge in [0.1, 0.15) is 17.7 Å². The number of amides is 1. The number of benzene rings is 1. The third kappa shape index (κ3) is 4.66. The minimum atomic E-state index is -0.413. The summed E-state index contributed by atoms with van der Waals surface area (Å²) in [7, 11) is 0. The molecular weight excluding hydrogens is 482 g/mol. The maximum Gasteiger partial charge on any atom is 0.254 e. The lowest BCUT2D eigenvalue weighted by Crippen LogP contribution is -2.34. The van der Waals surface area contributed by atoms with Crippen LogP contribution in [0.5, 0.6) is 0 Å². The number of fused-ring (bicyclic) bond motifs is 1. The van der Waals surface area contributed by atoms with Gasteiger partial charge in [-0.1, -0.05) is 0 Å². The molecule has 0 bridgehead atoms. The quantitative estimate of drug-likeness (QED) is 0.431. The van der Waals surface area contributed by atoms with E-state index in [0.717, 1.165) is 5.39 Å². The summed E-state index contributed by atoms with van der Waals surface area (Å²) in [6.07, 6.45) is 3.30. The maximum atomic E-state index is 13.7. The number of carbonyl (C=O) groups excluding carboxylic acids is 1. The molecule has 33 heavy (non-hydrogen) atoms. The third-order valence-electron chi connectivity index (χ3n) is 5.33. The third-order valence-corrected chi connectivity index (χ3v) is 5.96. The van der Waals surface area contributed by atoms with Crippen molar-refractivity contribution in [3.8, 4) is 6.07 Å². The van der Waals surface area contributed by atoms with Gasteiger partial charge >= 0.3 is 0 Å². The van der Waals surface area contributed by atoms with Crippen LogP contribution in [0.25, 0.3) is 10.9 Å². The molecule has 4 rings (SSSR count). The first-order valence-electron chi connectivity index (χ1n) is 10.2. The Hall–Kier alpha value is -3.90. The molecule has 0 aliphatic carbocycles. The first-order valence-corrected chi connectivity index (χ1v) is 11.0. The number of nitrogens with zero attached hydrogens (tertiary/aromatic N) is 6. The SMILES string of the molecule is Cc1nc(CN(C(=O)c2ccc3nc(N)c(Br)cc3c2)[C@H](C)c2ncccn2)ccc1C#N. The number of rotatable bonds is 5. The summed E-state index contributed by atoms with van der Waals surface area (Å²) in [4.78, 5) is 32.9. The average molecular weight is 502 g/mol. The number of carbonyl (C=O) groups is 1. The van der Waals surface area contributed by atoms with Crippen LogP contribution >= 0.6 is 15.9 Å². The molecule has 0 aliphatic rings. The van der Waals surface area contributed by atoms with Gasteiger partial charge in [0.05, 0.1) is 39.5 Å². The Morgan fingerprint density at radius 1 is 1.18 bits per heavy atom. The molecule has 9 heteroatoms. The summed E-state index contributed by atoms with van der Waals surface area (Å²) in [5.41, 5.74) is 8.86. The zero-order valence-corrected chi connectivity index (χ0v) is 19.6. The molecule has 1 aromatic carbocycles. The second-order valence-corrected chi connectivity index (χ2v) is 8.38. The largest absolute Gasteiger partial charge is 0.383 e. The molecule has 3 heterocycles. The highest BCUT2D eigenvalue weighted by atomic mass is 79.9. The fourth-order valence-corrected chi connectivity index (χ4v) is 3.84. The van der Waals surface area contributed by atoms with Gasteiger partial charge in [-0.05, 0) is 72.2 Å². The molecule has 1 amide bonds. The molecule has 4 aromatic rings. The zero-order chi connectivity index (χ0) is 23.5. The molecule has 0 aliphatic heterocycles. The highest BCUT2D eigenvalue weighted by Gasteiger charge is 2.26. The van der Waals surface area contributed by atoms with Crippen LogP contribution in [-0.2, 0) is 6.54 Å². The lowest BCUT2D eigenvalue weighted by molar-refractivity contribution is 0.0663. The lowest BCUT2D eigenvalue weighted by atomic mass is 10.1. The van der Waals surface area contributed by atoms with Gasteiger partial charge in [-0.15, -0.1) is 0 Å². The highest BCUT2D eigenvalue weighted by Crippen LogP contribution is 2.27. The molecular formula is C24H20BrN7O. The second kappa shape index (κ2) is 9.30. The molecule has 0 fully saturated rings. The summed E-state index contributed by atoms with van der Waals surface area (Å²) >= 11 is 3.39. The van der Waals surface area contributed by atoms with Crippen molar-refractivity contribution in [2.24, 2.45) is 0 Å². The average Bonchev–Trinajstić information content (AvgIpc) is 2.83. The number of halogens is 1. The minimum Gasteiger partial charge on any atom is -0.383 e. The number of aromatic nitrogens is 4. The van der Waals surface area contributed by atoms with Crippen LogP contribution in [0.15, 0.2) is 59.3 Å². The number of nitrogen functional groups attached to an aromatic ring is 1. The van der Waals surface area contributed by atoms with Crippen molar-refractivity contribution in [2.45, 2.75) is 26.4 Å². The number of pyridine rings is 2. The fraction of sp³-hybridized carbons (Fsp3) is 0.167. The summed E-state index contributed by atoms with van der Waals surface area (Å²) in [5, 5.41) is 9.99. The van der Waals surface area contributed by atoms with E-state index < -0.39 is 6.04 Å². The van der Waals surface area contributed by atoms with Crippen LogP contribution in [-0.4, -0.2) is 30.7 Å². The van der Waals surface area contributed by atoms with E-state index in [4.69, 9.17) is 5.73 Å². The van der Waals surface area contributed by atoms with Crippen molar-refractivity contribution >= 4 is 38.6 Å². The van der Waals surface area contributed by atoms with Crippen molar-refractivity contribution in [1.29, 1.82) is 5.26 Å². The zero-order valence-electron chi connectivity index (χ0n) is 18.0. The molecule has 8 nitrogen and oxygen atoms in total. The van der Waals surface area contributed by atoms with Gasteiger partial charge in [0, 0.05) is 23.3 Å². The van der Waals surface area contributed by atoms with Gasteiger partial charge in [0.2, 0.25) is 0 Å². The number of nitrogens with two attached hydrogens (primary N) is 1. The normalized spacial score (nSPS) is 11.7. The van der Waals surface area contributed by atoms with Gasteiger partial charge < -0.3 is 10.6 Å². The number of anilines is 1. The number of nitriles is 1. The summed E-state index contributed by atoms with van der Waals surface area (Å²) in [6, 6.07) is 14.0. The van der Waals surface area contributed by atoms with Crippen LogP contribution in [0.3, 0.4) is 0 Å². The van der Waals surface area contributed by atoms with Crippen LogP contribution in [0.4, 0.5) is 5.82 Å². The fourth-order valence-electron chi connectivity index (χ4n) is 3.51. The summed E-state index contributed by atoms with van der Waals surface area (Å²) in [6.45, 7) is 3.88. The highest BCUT2D eigenvalue weighted by molar-refractivity contribution is 9.10. The standard InChI is InChI=1S/C24H20BrN7O/c1-14-17(12-26)4-6-19(30-14)13-32(15(2)23-28-8-3-9-29-23)24(33)16-5-7-21-18(10-16)11-20(25)22(27)31-21/h3-11,15H,13H2,1-2H3,(H2,27,31)/t15-/m1/s1. The van der Waals surface area contributed by atoms with Crippen molar-refractivity contribution in [3.05, 3.63) is 87.7 Å². The Labute approximate surface area is 199 Å². The number of aryl methyl sites for hydroxylation is 1. The topological polar surface area (TPSA) is 122 Å². The molecule has 3 aromatic heterocycles. The smallest absolute Gasteiger partial charge is 0.254 e. The van der Waals surface area contributed by atoms with Crippen molar-refractivity contribution in [2.75, 3.05) is 5.73 Å². The summed E-state index contributed by atoms with van der Waals surface area (Å²) in [5.74, 6) is 0.711. The van der Waals surface area contributed by atoms with Crippen molar-refractivity contribution < 1.29 is 4.79 Å². The van der Waals surface area contributed by atoms with Crippen molar-refractivity contribution in [1.82, 2.24) is 24.8 Å². The molecule has 0 radical (unpaired) electrons. The van der Waals surface area contributed by atoms with Crippen LogP contribution < -0.4 is 5.73 Å². The Morgan fingerprint density at radius 3 is 2.64 bits per heavy atom. The Balaban J connectivity index is 1.74. The molecule has 0 saturated carbocycles. The van der Waals surface area contributed by atoms with Crippen LogP contribution in [0, 0.1) is 18.3 Å². The maximum absolute atomic E-state index is 13.7. The van der Waals surface area contributed by atoms with Gasteiger partial charge in [-0.25, -0.2) is 15.0 Å². The molecule has 164 valence electrons. The van der Waals surface area contributed by atoms with Gasteiger partial charge in [0.25, 0.3) is 5.91 Å². The number of hydrogen-bond donors (Lipinski definition) is 1. The predicted molar refractivity (Wildman–Crippen MR) is 128 cm³/mol. The predicted octanol–water partition coefficient (Wildman–Crippen LogP) is 4.35. The van der Waals surface area contributed by atoms with Crippen LogP contribution in [0.2, 0.25) is 0 Å². The minimum absolute atomic E-state index is 0.200. The molecule has 1 atom stereocenters. The van der Waals surface area contributed by atoms with E-state index in [1.165, 1.54) is 0 Å². The number of hydrogen-bond acceptors (Lipinski definition) is 7. The second-order valence-electron chi connectivity index (χ2n) is 7.53. The Bertz CT molecular complexity index is 1390. The van der Waals surface area contributed by atoms with E-state index in [1.54, 1.807) is 60.6 Å². The summed E-state index contributed by atoms with van der Waals surface area (Å²) < 4.78 is 0.666. The van der Waals surface area contributed by atoms with E-state index >= 15 is 0 Å². The molecule has 0 saturated heterocycles. The lowest BCUT2D eigenvalue weighted by Gasteiger charge is -2.28. The Kier molecular flexibility index (Phi) is 6.29. The molecule has 0 spiro atoms. The van der Waals surface area contributed by atoms with E-state index in [1.807, 2.05) is 13.0 Å². The van der Waals surface area contributed by atoms with Gasteiger partial charge in [-0.2, -0.15) is 5.26 Å². The van der Waals surface area contributed by atoms with Crippen molar-refractivity contribution in [3.63, 3.8) is 0 Å². The van der Waals surface area contributed by atoms with E-state index in [9.17, 15) is 10.1 Å². The van der Waals surface area contributed by atoms with E-state index in [-0.39, 0.29) is 12.5 Å². The van der Waals surface area contributed by atoms with E-state index in [2.05, 4.69) is 41.9 Å². The monoisotopic (exact) mass is 501 g/mol. The van der Waals surface area contributed by atoms with Gasteiger partial charge in [0.15, 0.2) is 0 Å². The molecule has 0 unspecified atom stereocenters. The van der Waals surface area contributed by atoms with E-state index in [0.29, 0.717) is 44.1 Å². The van der Waals surface area contributed by atoms with Gasteiger partial charge in [-0.3, -0.25) is 9.78 Å². The first kappa shape index (κ1) is 22.3.